The molecule has 1 rings (SSSR count). The van der Waals surface area contributed by atoms with Crippen molar-refractivity contribution in [1.29, 1.82) is 0 Å². The van der Waals surface area contributed by atoms with Crippen LogP contribution in [0.4, 0.5) is 4.39 Å². The first-order valence-electron chi connectivity index (χ1n) is 6.30. The molecule has 5 nitrogen and oxygen atoms in total. The Labute approximate surface area is 117 Å². The molecule has 0 spiro atoms. The predicted octanol–water partition coefficient (Wildman–Crippen LogP) is 2.06. The molecule has 0 aliphatic rings. The Morgan fingerprint density at radius 1 is 1.45 bits per heavy atom. The number of aliphatic carboxylic acids is 1. The summed E-state index contributed by atoms with van der Waals surface area (Å²) in [5, 5.41) is 9.01. The molecule has 0 unspecified atom stereocenters. The zero-order valence-electron chi connectivity index (χ0n) is 11.4. The lowest BCUT2D eigenvalue weighted by atomic mass is 10.1. The van der Waals surface area contributed by atoms with E-state index in [-0.39, 0.29) is 12.0 Å². The number of carboxylic acid groups (broad SMARTS) is 1. The Bertz CT molecular complexity index is 586. The van der Waals surface area contributed by atoms with Crippen molar-refractivity contribution in [2.45, 2.75) is 44.0 Å². The number of hydrogen-bond donors (Lipinski definition) is 2. The molecule has 2 N–H and O–H groups in total. The Kier molecular flexibility index (Phi) is 5.64. The molecular weight excluding hydrogens is 285 g/mol. The minimum Gasteiger partial charge on any atom is -0.480 e. The van der Waals surface area contributed by atoms with E-state index in [9.17, 15) is 17.6 Å². The van der Waals surface area contributed by atoms with Crippen LogP contribution in [0.3, 0.4) is 0 Å². The first-order valence-corrected chi connectivity index (χ1v) is 7.78. The second kappa shape index (κ2) is 6.81. The smallest absolute Gasteiger partial charge is 0.321 e. The van der Waals surface area contributed by atoms with Gasteiger partial charge in [0.2, 0.25) is 10.0 Å². The molecule has 7 heteroatoms. The summed E-state index contributed by atoms with van der Waals surface area (Å²) in [7, 11) is -4.19. The van der Waals surface area contributed by atoms with Crippen LogP contribution >= 0.6 is 0 Å². The van der Waals surface area contributed by atoms with Crippen molar-refractivity contribution in [3.63, 3.8) is 0 Å². The molecule has 1 aromatic rings. The molecule has 0 saturated heterocycles. The summed E-state index contributed by atoms with van der Waals surface area (Å²) in [5.74, 6) is -2.13. The number of carbonyl (C=O) groups is 1. The van der Waals surface area contributed by atoms with Crippen LogP contribution in [0.5, 0.6) is 0 Å². The van der Waals surface area contributed by atoms with Gasteiger partial charge in [0.1, 0.15) is 16.8 Å². The second-order valence-corrected chi connectivity index (χ2v) is 6.22. The van der Waals surface area contributed by atoms with Gasteiger partial charge in [-0.15, -0.1) is 0 Å². The van der Waals surface area contributed by atoms with Crippen LogP contribution in [0.15, 0.2) is 23.1 Å². The van der Waals surface area contributed by atoms with Crippen molar-refractivity contribution in [1.82, 2.24) is 4.72 Å². The van der Waals surface area contributed by atoms with Crippen LogP contribution in [0.25, 0.3) is 0 Å². The summed E-state index contributed by atoms with van der Waals surface area (Å²) >= 11 is 0. The molecule has 112 valence electrons. The molecule has 0 amide bonds. The van der Waals surface area contributed by atoms with E-state index in [1.54, 1.807) is 0 Å². The van der Waals surface area contributed by atoms with E-state index in [4.69, 9.17) is 5.11 Å². The van der Waals surface area contributed by atoms with Gasteiger partial charge in [0.25, 0.3) is 0 Å². The standard InChI is InChI=1S/C13H18FNO4S/c1-3-4-7-10(13(16)17)15-20(18,19)11-8-5-6-9(2)12(11)14/h5-6,8,10,15H,3-4,7H2,1-2H3,(H,16,17)/t10-/m0/s1. The maximum atomic E-state index is 13.8. The minimum atomic E-state index is -4.19. The molecular formula is C13H18FNO4S. The minimum absolute atomic E-state index is 0.165. The van der Waals surface area contributed by atoms with Crippen molar-refractivity contribution < 1.29 is 22.7 Å². The number of aryl methyl sites for hydroxylation is 1. The van der Waals surface area contributed by atoms with Crippen LogP contribution in [-0.2, 0) is 14.8 Å². The highest BCUT2D eigenvalue weighted by molar-refractivity contribution is 7.89. The number of halogens is 1. The van der Waals surface area contributed by atoms with E-state index in [1.807, 2.05) is 11.6 Å². The molecule has 0 heterocycles. The average Bonchev–Trinajstić information content (AvgIpc) is 2.37. The second-order valence-electron chi connectivity index (χ2n) is 4.54. The van der Waals surface area contributed by atoms with Gasteiger partial charge >= 0.3 is 5.97 Å². The average molecular weight is 303 g/mol. The molecule has 0 radical (unpaired) electrons. The van der Waals surface area contributed by atoms with Gasteiger partial charge in [-0.3, -0.25) is 4.79 Å². The number of sulfonamides is 1. The van der Waals surface area contributed by atoms with Gasteiger partial charge in [-0.2, -0.15) is 4.72 Å². The van der Waals surface area contributed by atoms with Gasteiger partial charge in [0.15, 0.2) is 0 Å². The van der Waals surface area contributed by atoms with Gasteiger partial charge in [0, 0.05) is 0 Å². The van der Waals surface area contributed by atoms with Crippen molar-refractivity contribution in [3.8, 4) is 0 Å². The summed E-state index contributed by atoms with van der Waals surface area (Å²) in [6.07, 6.45) is 1.47. The highest BCUT2D eigenvalue weighted by atomic mass is 32.2. The van der Waals surface area contributed by atoms with Crippen molar-refractivity contribution >= 4 is 16.0 Å². The third-order valence-corrected chi connectivity index (χ3v) is 4.38. The van der Waals surface area contributed by atoms with Crippen LogP contribution in [0.1, 0.15) is 31.7 Å². The first kappa shape index (κ1) is 16.6. The molecule has 20 heavy (non-hydrogen) atoms. The van der Waals surface area contributed by atoms with Crippen molar-refractivity contribution in [2.75, 3.05) is 0 Å². The van der Waals surface area contributed by atoms with E-state index in [0.29, 0.717) is 6.42 Å². The Morgan fingerprint density at radius 3 is 2.65 bits per heavy atom. The first-order chi connectivity index (χ1) is 9.29. The zero-order valence-corrected chi connectivity index (χ0v) is 12.2. The van der Waals surface area contributed by atoms with E-state index >= 15 is 0 Å². The lowest BCUT2D eigenvalue weighted by molar-refractivity contribution is -0.139. The summed E-state index contributed by atoms with van der Waals surface area (Å²) < 4.78 is 40.0. The third-order valence-electron chi connectivity index (χ3n) is 2.89. The van der Waals surface area contributed by atoms with E-state index in [0.717, 1.165) is 12.5 Å². The van der Waals surface area contributed by atoms with E-state index < -0.39 is 32.7 Å². The van der Waals surface area contributed by atoms with Crippen molar-refractivity contribution in [3.05, 3.63) is 29.6 Å². The van der Waals surface area contributed by atoms with Crippen LogP contribution in [-0.4, -0.2) is 25.5 Å². The molecule has 0 aliphatic carbocycles. The molecule has 1 atom stereocenters. The number of rotatable bonds is 7. The molecule has 0 bridgehead atoms. The molecule has 0 aliphatic heterocycles. The Morgan fingerprint density at radius 2 is 2.10 bits per heavy atom. The largest absolute Gasteiger partial charge is 0.480 e. The highest BCUT2D eigenvalue weighted by Gasteiger charge is 2.27. The summed E-state index contributed by atoms with van der Waals surface area (Å²) in [5.41, 5.74) is 0.188. The number of hydrogen-bond acceptors (Lipinski definition) is 3. The SMILES string of the molecule is CCCC[C@H](NS(=O)(=O)c1cccc(C)c1F)C(=O)O. The number of carboxylic acids is 1. The number of nitrogens with one attached hydrogen (secondary N) is 1. The zero-order chi connectivity index (χ0) is 15.3. The van der Waals surface area contributed by atoms with Gasteiger partial charge in [-0.05, 0) is 25.0 Å². The molecule has 0 saturated carbocycles. The molecule has 0 aromatic heterocycles. The lowest BCUT2D eigenvalue weighted by Gasteiger charge is -2.15. The normalized spacial score (nSPS) is 13.2. The number of benzene rings is 1. The maximum absolute atomic E-state index is 13.8. The highest BCUT2D eigenvalue weighted by Crippen LogP contribution is 2.18. The fourth-order valence-electron chi connectivity index (χ4n) is 1.72. The van der Waals surface area contributed by atoms with E-state index in [2.05, 4.69) is 0 Å². The Hall–Kier alpha value is -1.47. The number of unbranched alkanes of at least 4 members (excludes halogenated alkanes) is 1. The predicted molar refractivity (Wildman–Crippen MR) is 72.4 cm³/mol. The van der Waals surface area contributed by atoms with Gasteiger partial charge in [-0.25, -0.2) is 12.8 Å². The lowest BCUT2D eigenvalue weighted by Crippen LogP contribution is -2.41. The van der Waals surface area contributed by atoms with Crippen LogP contribution < -0.4 is 4.72 Å². The van der Waals surface area contributed by atoms with E-state index in [1.165, 1.54) is 19.1 Å². The fraction of sp³-hybridized carbons (Fsp3) is 0.462. The quantitative estimate of drug-likeness (QED) is 0.807. The summed E-state index contributed by atoms with van der Waals surface area (Å²) in [4.78, 5) is 10.5. The third kappa shape index (κ3) is 4.01. The molecule has 1 aromatic carbocycles. The monoisotopic (exact) mass is 303 g/mol. The van der Waals surface area contributed by atoms with Crippen LogP contribution in [0.2, 0.25) is 0 Å². The van der Waals surface area contributed by atoms with Crippen molar-refractivity contribution in [2.24, 2.45) is 0 Å². The summed E-state index contributed by atoms with van der Waals surface area (Å²) in [6.45, 7) is 3.31. The molecule has 0 fully saturated rings. The Balaban J connectivity index is 3.04. The van der Waals surface area contributed by atoms with Crippen LogP contribution in [0, 0.1) is 12.7 Å². The van der Waals surface area contributed by atoms with Gasteiger partial charge < -0.3 is 5.11 Å². The van der Waals surface area contributed by atoms with Gasteiger partial charge in [0.05, 0.1) is 0 Å². The van der Waals surface area contributed by atoms with Gasteiger partial charge in [-0.1, -0.05) is 31.9 Å². The summed E-state index contributed by atoms with van der Waals surface area (Å²) in [6, 6.07) is 2.72. The fourth-order valence-corrected chi connectivity index (χ4v) is 3.09. The maximum Gasteiger partial charge on any atom is 0.321 e. The topological polar surface area (TPSA) is 83.5 Å².